The average Bonchev–Trinajstić information content (AvgIpc) is 2.32. The lowest BCUT2D eigenvalue weighted by molar-refractivity contribution is -0.123. The van der Waals surface area contributed by atoms with Crippen molar-refractivity contribution in [1.82, 2.24) is 4.90 Å². The number of carbonyl (C=O) groups excluding carboxylic acids is 3. The lowest BCUT2D eigenvalue weighted by Crippen LogP contribution is -2.43. The highest BCUT2D eigenvalue weighted by Gasteiger charge is 2.16. The number of nitrogens with zero attached hydrogens (tertiary/aromatic N) is 1. The first kappa shape index (κ1) is 16.4. The zero-order valence-corrected chi connectivity index (χ0v) is 11.8. The first-order valence-electron chi connectivity index (χ1n) is 6.23. The van der Waals surface area contributed by atoms with E-state index in [1.54, 1.807) is 25.1 Å². The summed E-state index contributed by atoms with van der Waals surface area (Å²) >= 11 is 0. The van der Waals surface area contributed by atoms with Gasteiger partial charge in [0.25, 0.3) is 0 Å². The van der Waals surface area contributed by atoms with Crippen molar-refractivity contribution in [2.24, 2.45) is 11.5 Å². The molecule has 3 amide bonds. The van der Waals surface area contributed by atoms with Gasteiger partial charge < -0.3 is 22.5 Å². The molecule has 1 aromatic rings. The van der Waals surface area contributed by atoms with Gasteiger partial charge in [-0.3, -0.25) is 19.3 Å². The standard InChI is InChI=1S/C13H19N5O3/c1-8-3-2-4-9(14)13(8)17-12(21)7-18(5-10(15)19)6-11(16)20/h2-4H,5-7,14H2,1H3,(H2,15,19)(H2,16,20)(H,17,21). The highest BCUT2D eigenvalue weighted by Crippen LogP contribution is 2.22. The molecule has 0 aromatic heterocycles. The van der Waals surface area contributed by atoms with Crippen LogP contribution in [-0.2, 0) is 14.4 Å². The number of amides is 3. The third kappa shape index (κ3) is 5.49. The largest absolute Gasteiger partial charge is 0.397 e. The van der Waals surface area contributed by atoms with Crippen LogP contribution in [0.25, 0.3) is 0 Å². The molecule has 21 heavy (non-hydrogen) atoms. The maximum Gasteiger partial charge on any atom is 0.238 e. The minimum atomic E-state index is -0.653. The molecule has 0 fully saturated rings. The highest BCUT2D eigenvalue weighted by atomic mass is 16.2. The van der Waals surface area contributed by atoms with Crippen LogP contribution in [0, 0.1) is 6.92 Å². The van der Waals surface area contributed by atoms with Crippen LogP contribution in [0.4, 0.5) is 11.4 Å². The van der Waals surface area contributed by atoms with E-state index in [0.29, 0.717) is 11.4 Å². The Morgan fingerprint density at radius 1 is 1.10 bits per heavy atom. The van der Waals surface area contributed by atoms with Crippen LogP contribution in [0.3, 0.4) is 0 Å². The van der Waals surface area contributed by atoms with Crippen LogP contribution >= 0.6 is 0 Å². The molecule has 0 saturated carbocycles. The van der Waals surface area contributed by atoms with Crippen LogP contribution in [0.15, 0.2) is 18.2 Å². The van der Waals surface area contributed by atoms with Crippen molar-refractivity contribution in [3.63, 3.8) is 0 Å². The molecule has 8 heteroatoms. The fraction of sp³-hybridized carbons (Fsp3) is 0.308. The molecule has 0 bridgehead atoms. The molecule has 0 aliphatic heterocycles. The topological polar surface area (TPSA) is 145 Å². The minimum Gasteiger partial charge on any atom is -0.397 e. The number of anilines is 2. The van der Waals surface area contributed by atoms with Gasteiger partial charge in [-0.05, 0) is 18.6 Å². The van der Waals surface area contributed by atoms with Gasteiger partial charge in [0.05, 0.1) is 31.0 Å². The third-order valence-electron chi connectivity index (χ3n) is 2.70. The summed E-state index contributed by atoms with van der Waals surface area (Å²) in [5.41, 5.74) is 17.6. The molecule has 0 heterocycles. The zero-order valence-electron chi connectivity index (χ0n) is 11.8. The Morgan fingerprint density at radius 2 is 1.67 bits per heavy atom. The summed E-state index contributed by atoms with van der Waals surface area (Å²) in [7, 11) is 0. The van der Waals surface area contributed by atoms with Crippen LogP contribution in [0.5, 0.6) is 0 Å². The lowest BCUT2D eigenvalue weighted by Gasteiger charge is -2.19. The Labute approximate surface area is 122 Å². The van der Waals surface area contributed by atoms with Crippen LogP contribution < -0.4 is 22.5 Å². The Bertz CT molecular complexity index is 522. The maximum absolute atomic E-state index is 12.0. The fourth-order valence-corrected chi connectivity index (χ4v) is 1.85. The number of nitrogens with two attached hydrogens (primary N) is 3. The Balaban J connectivity index is 2.73. The van der Waals surface area contributed by atoms with Gasteiger partial charge in [-0.25, -0.2) is 0 Å². The molecule has 7 N–H and O–H groups in total. The number of primary amides is 2. The van der Waals surface area contributed by atoms with E-state index in [9.17, 15) is 14.4 Å². The zero-order chi connectivity index (χ0) is 16.0. The summed E-state index contributed by atoms with van der Waals surface area (Å²) in [6.45, 7) is 1.13. The van der Waals surface area contributed by atoms with Crippen LogP contribution in [0.1, 0.15) is 5.56 Å². The van der Waals surface area contributed by atoms with Gasteiger partial charge in [-0.2, -0.15) is 0 Å². The summed E-state index contributed by atoms with van der Waals surface area (Å²) in [5, 5.41) is 2.65. The molecule has 0 saturated heterocycles. The summed E-state index contributed by atoms with van der Waals surface area (Å²) in [5.74, 6) is -1.72. The number of nitrogen functional groups attached to an aromatic ring is 1. The van der Waals surface area contributed by atoms with E-state index in [0.717, 1.165) is 5.56 Å². The molecule has 0 aliphatic carbocycles. The van der Waals surface area contributed by atoms with Gasteiger partial charge in [-0.15, -0.1) is 0 Å². The molecule has 1 aromatic carbocycles. The maximum atomic E-state index is 12.0. The molecule has 0 aliphatic rings. The van der Waals surface area contributed by atoms with E-state index in [4.69, 9.17) is 17.2 Å². The summed E-state index contributed by atoms with van der Waals surface area (Å²) in [6, 6.07) is 5.23. The van der Waals surface area contributed by atoms with Gasteiger partial charge in [0.1, 0.15) is 0 Å². The molecule has 0 atom stereocenters. The van der Waals surface area contributed by atoms with Crippen LogP contribution in [-0.4, -0.2) is 42.3 Å². The Morgan fingerprint density at radius 3 is 2.14 bits per heavy atom. The van der Waals surface area contributed by atoms with Gasteiger partial charge in [0.2, 0.25) is 17.7 Å². The van der Waals surface area contributed by atoms with E-state index in [-0.39, 0.29) is 19.6 Å². The summed E-state index contributed by atoms with van der Waals surface area (Å²) < 4.78 is 0. The van der Waals surface area contributed by atoms with Gasteiger partial charge in [0, 0.05) is 0 Å². The number of aryl methyl sites for hydroxylation is 1. The fourth-order valence-electron chi connectivity index (χ4n) is 1.85. The third-order valence-corrected chi connectivity index (χ3v) is 2.70. The smallest absolute Gasteiger partial charge is 0.238 e. The van der Waals surface area contributed by atoms with Gasteiger partial charge >= 0.3 is 0 Å². The van der Waals surface area contributed by atoms with Crippen molar-refractivity contribution < 1.29 is 14.4 Å². The number of hydrogen-bond donors (Lipinski definition) is 4. The normalized spacial score (nSPS) is 10.4. The molecular weight excluding hydrogens is 274 g/mol. The summed E-state index contributed by atoms with van der Waals surface area (Å²) in [6.07, 6.45) is 0. The number of nitrogens with one attached hydrogen (secondary N) is 1. The van der Waals surface area contributed by atoms with Crippen LogP contribution in [0.2, 0.25) is 0 Å². The highest BCUT2D eigenvalue weighted by molar-refractivity contribution is 5.96. The number of para-hydroxylation sites is 1. The minimum absolute atomic E-state index is 0.195. The second-order valence-electron chi connectivity index (χ2n) is 4.67. The van der Waals surface area contributed by atoms with E-state index in [1.807, 2.05) is 0 Å². The van der Waals surface area contributed by atoms with E-state index in [1.165, 1.54) is 4.90 Å². The monoisotopic (exact) mass is 293 g/mol. The number of rotatable bonds is 7. The van der Waals surface area contributed by atoms with Crippen molar-refractivity contribution >= 4 is 29.1 Å². The Hall–Kier alpha value is -2.61. The van der Waals surface area contributed by atoms with Gasteiger partial charge in [-0.1, -0.05) is 12.1 Å². The van der Waals surface area contributed by atoms with Crippen molar-refractivity contribution in [2.45, 2.75) is 6.92 Å². The van der Waals surface area contributed by atoms with Crippen molar-refractivity contribution in [1.29, 1.82) is 0 Å². The van der Waals surface area contributed by atoms with E-state index >= 15 is 0 Å². The molecule has 8 nitrogen and oxygen atoms in total. The second kappa shape index (κ2) is 7.25. The van der Waals surface area contributed by atoms with E-state index in [2.05, 4.69) is 5.32 Å². The predicted molar refractivity (Wildman–Crippen MR) is 79.0 cm³/mol. The predicted octanol–water partition coefficient (Wildman–Crippen LogP) is -1.21. The quantitative estimate of drug-likeness (QED) is 0.466. The second-order valence-corrected chi connectivity index (χ2v) is 4.67. The molecule has 0 radical (unpaired) electrons. The molecule has 0 unspecified atom stereocenters. The first-order valence-corrected chi connectivity index (χ1v) is 6.23. The van der Waals surface area contributed by atoms with Crippen molar-refractivity contribution in [3.05, 3.63) is 23.8 Å². The number of carbonyl (C=O) groups is 3. The van der Waals surface area contributed by atoms with Crippen molar-refractivity contribution in [2.75, 3.05) is 30.7 Å². The Kier molecular flexibility index (Phi) is 5.67. The van der Waals surface area contributed by atoms with Crippen molar-refractivity contribution in [3.8, 4) is 0 Å². The first-order chi connectivity index (χ1) is 9.79. The SMILES string of the molecule is Cc1cccc(N)c1NC(=O)CN(CC(N)=O)CC(N)=O. The molecular formula is C13H19N5O3. The van der Waals surface area contributed by atoms with Gasteiger partial charge in [0.15, 0.2) is 0 Å². The average molecular weight is 293 g/mol. The molecule has 0 spiro atoms. The number of hydrogen-bond acceptors (Lipinski definition) is 5. The number of benzene rings is 1. The molecule has 114 valence electrons. The molecule has 1 rings (SSSR count). The lowest BCUT2D eigenvalue weighted by atomic mass is 10.1. The summed E-state index contributed by atoms with van der Waals surface area (Å²) in [4.78, 5) is 35.1. The van der Waals surface area contributed by atoms with E-state index < -0.39 is 17.7 Å².